The lowest BCUT2D eigenvalue weighted by atomic mass is 9.77. The van der Waals surface area contributed by atoms with Crippen LogP contribution in [0.1, 0.15) is 29.2 Å². The molecule has 1 amide bonds. The second kappa shape index (κ2) is 8.55. The second-order valence-corrected chi connectivity index (χ2v) is 8.41. The number of aromatic nitrogens is 3. The fraction of sp³-hybridized carbons (Fsp3) is 0.435. The van der Waals surface area contributed by atoms with E-state index in [1.807, 2.05) is 41.4 Å². The number of nitrogens with one attached hydrogen (secondary N) is 1. The van der Waals surface area contributed by atoms with E-state index in [0.717, 1.165) is 37.5 Å². The number of furan rings is 1. The Kier molecular flexibility index (Phi) is 5.46. The van der Waals surface area contributed by atoms with E-state index in [0.29, 0.717) is 24.1 Å². The van der Waals surface area contributed by atoms with Crippen molar-refractivity contribution >= 4 is 11.7 Å². The summed E-state index contributed by atoms with van der Waals surface area (Å²) in [7, 11) is 1.76. The van der Waals surface area contributed by atoms with Gasteiger partial charge >= 0.3 is 0 Å². The number of amides is 1. The first-order chi connectivity index (χ1) is 15.2. The number of carbonyl (C=O) groups is 1. The maximum absolute atomic E-state index is 13.1. The standard InChI is InChI=1S/C23H27N5O3/c1-30-21-12-17-14-27(13-16(17)11-19(21)26-22-5-2-3-8-24-22)23(29)20-7-6-18(31-20)15-28-10-4-9-25-28/h2-10,16-17,19,21H,11-15H2,1H3,(H,24,26)/t16-,17+,19-,21-/m1/s1. The SMILES string of the molecule is CO[C@@H]1C[C@H]2CN(C(=O)c3ccc(Cn4cccn4)o3)C[C@H]2C[C@H]1Nc1ccccn1. The Morgan fingerprint density at radius 3 is 2.77 bits per heavy atom. The van der Waals surface area contributed by atoms with Crippen LogP contribution in [0.15, 0.2) is 59.4 Å². The van der Waals surface area contributed by atoms with Crippen LogP contribution in [-0.2, 0) is 11.3 Å². The third-order valence-electron chi connectivity index (χ3n) is 6.45. The summed E-state index contributed by atoms with van der Waals surface area (Å²) in [5, 5.41) is 7.71. The van der Waals surface area contributed by atoms with Crippen molar-refractivity contribution in [2.24, 2.45) is 11.8 Å². The number of fused-ring (bicyclic) bond motifs is 1. The summed E-state index contributed by atoms with van der Waals surface area (Å²) in [5.74, 6) is 2.82. The summed E-state index contributed by atoms with van der Waals surface area (Å²) in [6, 6.07) is 11.5. The molecule has 4 atom stereocenters. The molecule has 1 N–H and O–H groups in total. The molecule has 162 valence electrons. The minimum absolute atomic E-state index is 0.0377. The van der Waals surface area contributed by atoms with Gasteiger partial charge in [-0.15, -0.1) is 0 Å². The van der Waals surface area contributed by atoms with Crippen LogP contribution in [0, 0.1) is 11.8 Å². The molecule has 4 heterocycles. The van der Waals surface area contributed by atoms with Gasteiger partial charge in [-0.05, 0) is 55.0 Å². The Balaban J connectivity index is 1.23. The van der Waals surface area contributed by atoms with E-state index in [4.69, 9.17) is 9.15 Å². The molecule has 2 fully saturated rings. The van der Waals surface area contributed by atoms with Crippen LogP contribution in [-0.4, -0.2) is 57.9 Å². The molecule has 5 rings (SSSR count). The highest BCUT2D eigenvalue weighted by molar-refractivity contribution is 5.91. The Labute approximate surface area is 181 Å². The van der Waals surface area contributed by atoms with Gasteiger partial charge in [-0.25, -0.2) is 4.98 Å². The smallest absolute Gasteiger partial charge is 0.289 e. The topological polar surface area (TPSA) is 85.4 Å². The molecule has 1 aliphatic heterocycles. The van der Waals surface area contributed by atoms with Gasteiger partial charge in [0.25, 0.3) is 5.91 Å². The molecule has 3 aromatic rings. The van der Waals surface area contributed by atoms with Crippen LogP contribution in [0.4, 0.5) is 5.82 Å². The number of ether oxygens (including phenoxy) is 1. The van der Waals surface area contributed by atoms with Gasteiger partial charge in [0.1, 0.15) is 11.6 Å². The second-order valence-electron chi connectivity index (χ2n) is 8.41. The minimum atomic E-state index is -0.0377. The first-order valence-corrected chi connectivity index (χ1v) is 10.8. The molecule has 1 saturated heterocycles. The number of hydrogen-bond acceptors (Lipinski definition) is 6. The average molecular weight is 422 g/mol. The zero-order valence-electron chi connectivity index (χ0n) is 17.6. The maximum atomic E-state index is 13.1. The number of pyridine rings is 1. The Bertz CT molecular complexity index is 1000. The summed E-state index contributed by atoms with van der Waals surface area (Å²) in [6.07, 6.45) is 7.36. The summed E-state index contributed by atoms with van der Waals surface area (Å²) in [5.41, 5.74) is 0. The summed E-state index contributed by atoms with van der Waals surface area (Å²) in [4.78, 5) is 19.4. The van der Waals surface area contributed by atoms with Crippen LogP contribution in [0.3, 0.4) is 0 Å². The van der Waals surface area contributed by atoms with Gasteiger partial charge in [-0.3, -0.25) is 9.48 Å². The molecule has 1 aliphatic carbocycles. The third-order valence-corrected chi connectivity index (χ3v) is 6.45. The van der Waals surface area contributed by atoms with Crippen molar-refractivity contribution in [3.05, 3.63) is 66.5 Å². The molecule has 0 bridgehead atoms. The maximum Gasteiger partial charge on any atom is 0.289 e. The highest BCUT2D eigenvalue weighted by atomic mass is 16.5. The van der Waals surface area contributed by atoms with E-state index >= 15 is 0 Å². The van der Waals surface area contributed by atoms with E-state index < -0.39 is 0 Å². The normalized spacial score (nSPS) is 25.4. The van der Waals surface area contributed by atoms with Crippen molar-refractivity contribution in [3.63, 3.8) is 0 Å². The monoisotopic (exact) mass is 421 g/mol. The highest BCUT2D eigenvalue weighted by Gasteiger charge is 2.44. The van der Waals surface area contributed by atoms with Crippen LogP contribution in [0.5, 0.6) is 0 Å². The molecule has 3 aromatic heterocycles. The molecule has 31 heavy (non-hydrogen) atoms. The number of likely N-dealkylation sites (tertiary alicyclic amines) is 1. The van der Waals surface area contributed by atoms with E-state index in [1.165, 1.54) is 0 Å². The van der Waals surface area contributed by atoms with E-state index in [-0.39, 0.29) is 18.1 Å². The zero-order valence-corrected chi connectivity index (χ0v) is 17.6. The first kappa shape index (κ1) is 19.8. The lowest BCUT2D eigenvalue weighted by molar-refractivity contribution is 0.0304. The van der Waals surface area contributed by atoms with Gasteiger partial charge in [0, 0.05) is 38.8 Å². The predicted molar refractivity (Wildman–Crippen MR) is 115 cm³/mol. The number of nitrogens with zero attached hydrogens (tertiary/aromatic N) is 4. The fourth-order valence-corrected chi connectivity index (χ4v) is 4.92. The lowest BCUT2D eigenvalue weighted by Crippen LogP contribution is -2.44. The van der Waals surface area contributed by atoms with E-state index in [2.05, 4.69) is 15.4 Å². The van der Waals surface area contributed by atoms with E-state index in [9.17, 15) is 4.79 Å². The molecule has 0 spiro atoms. The van der Waals surface area contributed by atoms with Gasteiger partial charge in [0.05, 0.1) is 18.7 Å². The first-order valence-electron chi connectivity index (χ1n) is 10.8. The quantitative estimate of drug-likeness (QED) is 0.659. The Hall–Kier alpha value is -3.13. The molecular weight excluding hydrogens is 394 g/mol. The molecule has 8 heteroatoms. The molecular formula is C23H27N5O3. The number of rotatable bonds is 6. The van der Waals surface area contributed by atoms with Crippen LogP contribution in [0.2, 0.25) is 0 Å². The van der Waals surface area contributed by atoms with Gasteiger partial charge < -0.3 is 19.4 Å². The van der Waals surface area contributed by atoms with Gasteiger partial charge in [0.2, 0.25) is 0 Å². The lowest BCUT2D eigenvalue weighted by Gasteiger charge is -2.37. The van der Waals surface area contributed by atoms with Gasteiger partial charge in [0.15, 0.2) is 5.76 Å². The summed E-state index contributed by atoms with van der Waals surface area (Å²) >= 11 is 0. The number of anilines is 1. The largest absolute Gasteiger partial charge is 0.454 e. The van der Waals surface area contributed by atoms with Crippen molar-refractivity contribution in [3.8, 4) is 0 Å². The third kappa shape index (κ3) is 4.20. The van der Waals surface area contributed by atoms with E-state index in [1.54, 1.807) is 30.3 Å². The number of methoxy groups -OCH3 is 1. The van der Waals surface area contributed by atoms with Gasteiger partial charge in [-0.2, -0.15) is 5.10 Å². The highest BCUT2D eigenvalue weighted by Crippen LogP contribution is 2.39. The number of hydrogen-bond donors (Lipinski definition) is 1. The average Bonchev–Trinajstić information content (AvgIpc) is 3.55. The Morgan fingerprint density at radius 1 is 1.16 bits per heavy atom. The van der Waals surface area contributed by atoms with Crippen molar-refractivity contribution in [1.29, 1.82) is 0 Å². The molecule has 1 saturated carbocycles. The molecule has 8 nitrogen and oxygen atoms in total. The molecule has 0 unspecified atom stereocenters. The van der Waals surface area contributed by atoms with Crippen LogP contribution >= 0.6 is 0 Å². The van der Waals surface area contributed by atoms with Crippen molar-refractivity contribution in [2.75, 3.05) is 25.5 Å². The Morgan fingerprint density at radius 2 is 2.03 bits per heavy atom. The van der Waals surface area contributed by atoms with Crippen LogP contribution < -0.4 is 5.32 Å². The fourth-order valence-electron chi connectivity index (χ4n) is 4.92. The minimum Gasteiger partial charge on any atom is -0.454 e. The zero-order chi connectivity index (χ0) is 21.2. The molecule has 0 aromatic carbocycles. The number of carbonyl (C=O) groups excluding carboxylic acids is 1. The van der Waals surface area contributed by atoms with Crippen molar-refractivity contribution in [2.45, 2.75) is 31.5 Å². The summed E-state index contributed by atoms with van der Waals surface area (Å²) in [6.45, 7) is 2.01. The van der Waals surface area contributed by atoms with Crippen molar-refractivity contribution < 1.29 is 13.9 Å². The van der Waals surface area contributed by atoms with Gasteiger partial charge in [-0.1, -0.05) is 6.07 Å². The predicted octanol–water partition coefficient (Wildman–Crippen LogP) is 2.90. The van der Waals surface area contributed by atoms with Crippen molar-refractivity contribution in [1.82, 2.24) is 19.7 Å². The summed E-state index contributed by atoms with van der Waals surface area (Å²) < 4.78 is 13.4. The molecule has 2 aliphatic rings. The molecule has 0 radical (unpaired) electrons. The van der Waals surface area contributed by atoms with Crippen LogP contribution in [0.25, 0.3) is 0 Å².